The van der Waals surface area contributed by atoms with Crippen LogP contribution in [0.3, 0.4) is 0 Å². The van der Waals surface area contributed by atoms with Crippen molar-refractivity contribution in [2.45, 2.75) is 49.6 Å². The normalized spacial score (nSPS) is 15.6. The van der Waals surface area contributed by atoms with Crippen molar-refractivity contribution < 1.29 is 0 Å². The van der Waals surface area contributed by atoms with E-state index in [9.17, 15) is 0 Å². The minimum absolute atomic E-state index is 0.102. The van der Waals surface area contributed by atoms with Gasteiger partial charge in [0, 0.05) is 21.7 Å². The summed E-state index contributed by atoms with van der Waals surface area (Å²) >= 11 is 2.38. The number of aromatic nitrogens is 4. The lowest BCUT2D eigenvalue weighted by Gasteiger charge is -2.26. The Morgan fingerprint density at radius 3 is 2.52 bits per heavy atom. The fourth-order valence-electron chi connectivity index (χ4n) is 3.59. The monoisotopic (exact) mass is 505 g/mol. The van der Waals surface area contributed by atoms with Crippen molar-refractivity contribution in [2.75, 3.05) is 23.7 Å². The van der Waals surface area contributed by atoms with Crippen molar-refractivity contribution in [3.8, 4) is 0 Å². The van der Waals surface area contributed by atoms with E-state index in [2.05, 4.69) is 93.1 Å². The highest BCUT2D eigenvalue weighted by molar-refractivity contribution is 14.1. The molecule has 8 heteroatoms. The molecular formula is C21H28IN7. The molecule has 1 aromatic carbocycles. The Hall–Kier alpha value is -1.94. The first kappa shape index (κ1) is 20.3. The summed E-state index contributed by atoms with van der Waals surface area (Å²) < 4.78 is 3.27. The number of imidazole rings is 1. The SMILES string of the molecule is CC(C)(C)Nc1ncc2nc(Nc3ccc(CI)cc3)n(C3CCNCC3)c2n1. The predicted octanol–water partition coefficient (Wildman–Crippen LogP) is 4.64. The van der Waals surface area contributed by atoms with Crippen LogP contribution in [0.5, 0.6) is 0 Å². The summed E-state index contributed by atoms with van der Waals surface area (Å²) in [4.78, 5) is 14.2. The summed E-state index contributed by atoms with van der Waals surface area (Å²) in [6.07, 6.45) is 3.93. The molecule has 1 aliphatic rings. The largest absolute Gasteiger partial charge is 0.350 e. The highest BCUT2D eigenvalue weighted by atomic mass is 127. The topological polar surface area (TPSA) is 79.7 Å². The lowest BCUT2D eigenvalue weighted by Crippen LogP contribution is -2.30. The van der Waals surface area contributed by atoms with Crippen molar-refractivity contribution in [3.63, 3.8) is 0 Å². The van der Waals surface area contributed by atoms with E-state index in [1.807, 2.05) is 6.20 Å². The van der Waals surface area contributed by atoms with E-state index in [-0.39, 0.29) is 5.54 Å². The van der Waals surface area contributed by atoms with Crippen LogP contribution in [-0.2, 0) is 4.43 Å². The Kier molecular flexibility index (Phi) is 5.91. The second-order valence-electron chi connectivity index (χ2n) is 8.52. The molecule has 2 aromatic heterocycles. The second-order valence-corrected chi connectivity index (χ2v) is 9.28. The number of nitrogens with zero attached hydrogens (tertiary/aromatic N) is 4. The summed E-state index contributed by atoms with van der Waals surface area (Å²) in [6.45, 7) is 8.34. The van der Waals surface area contributed by atoms with Gasteiger partial charge in [0.25, 0.3) is 0 Å². The molecule has 1 fully saturated rings. The first-order valence-corrected chi connectivity index (χ1v) is 11.6. The molecule has 0 bridgehead atoms. The molecule has 0 spiro atoms. The number of hydrogen-bond donors (Lipinski definition) is 3. The fourth-order valence-corrected chi connectivity index (χ4v) is 4.10. The first-order chi connectivity index (χ1) is 13.9. The van der Waals surface area contributed by atoms with Gasteiger partial charge in [-0.05, 0) is 64.4 Å². The number of hydrogen-bond acceptors (Lipinski definition) is 6. The second kappa shape index (κ2) is 8.43. The van der Waals surface area contributed by atoms with E-state index >= 15 is 0 Å². The van der Waals surface area contributed by atoms with E-state index in [0.29, 0.717) is 12.0 Å². The summed E-state index contributed by atoms with van der Waals surface area (Å²) in [7, 11) is 0. The third-order valence-electron chi connectivity index (χ3n) is 4.96. The Morgan fingerprint density at radius 2 is 1.86 bits per heavy atom. The van der Waals surface area contributed by atoms with Crippen LogP contribution in [0.25, 0.3) is 11.2 Å². The van der Waals surface area contributed by atoms with Gasteiger partial charge in [0.15, 0.2) is 5.65 Å². The maximum absolute atomic E-state index is 4.84. The van der Waals surface area contributed by atoms with E-state index in [0.717, 1.165) is 53.2 Å². The van der Waals surface area contributed by atoms with Crippen LogP contribution in [0.15, 0.2) is 30.5 Å². The maximum atomic E-state index is 4.84. The average Bonchev–Trinajstić information content (AvgIpc) is 3.05. The number of fused-ring (bicyclic) bond motifs is 1. The van der Waals surface area contributed by atoms with Gasteiger partial charge in [-0.2, -0.15) is 4.98 Å². The smallest absolute Gasteiger partial charge is 0.225 e. The van der Waals surface area contributed by atoms with Gasteiger partial charge in [0.05, 0.1) is 6.20 Å². The van der Waals surface area contributed by atoms with E-state index in [1.165, 1.54) is 5.56 Å². The van der Waals surface area contributed by atoms with Gasteiger partial charge in [-0.15, -0.1) is 0 Å². The zero-order chi connectivity index (χ0) is 20.4. The molecule has 29 heavy (non-hydrogen) atoms. The molecule has 1 aliphatic heterocycles. The summed E-state index contributed by atoms with van der Waals surface area (Å²) in [5, 5.41) is 10.3. The van der Waals surface area contributed by atoms with Gasteiger partial charge in [0.1, 0.15) is 5.52 Å². The molecule has 3 N–H and O–H groups in total. The van der Waals surface area contributed by atoms with Crippen molar-refractivity contribution in [3.05, 3.63) is 36.0 Å². The number of anilines is 3. The third-order valence-corrected chi connectivity index (χ3v) is 5.84. The van der Waals surface area contributed by atoms with E-state index < -0.39 is 0 Å². The van der Waals surface area contributed by atoms with Crippen LogP contribution in [0, 0.1) is 0 Å². The van der Waals surface area contributed by atoms with Gasteiger partial charge in [0.2, 0.25) is 11.9 Å². The number of alkyl halides is 1. The van der Waals surface area contributed by atoms with Gasteiger partial charge < -0.3 is 16.0 Å². The number of nitrogens with one attached hydrogen (secondary N) is 3. The fraction of sp³-hybridized carbons (Fsp3) is 0.476. The third kappa shape index (κ3) is 4.80. The predicted molar refractivity (Wildman–Crippen MR) is 127 cm³/mol. The molecule has 1 saturated heterocycles. The average molecular weight is 505 g/mol. The van der Waals surface area contributed by atoms with Crippen LogP contribution >= 0.6 is 22.6 Å². The molecule has 0 unspecified atom stereocenters. The van der Waals surface area contributed by atoms with Crippen LogP contribution < -0.4 is 16.0 Å². The lowest BCUT2D eigenvalue weighted by molar-refractivity contribution is 0.377. The Morgan fingerprint density at radius 1 is 1.14 bits per heavy atom. The van der Waals surface area contributed by atoms with Gasteiger partial charge in [-0.3, -0.25) is 4.57 Å². The van der Waals surface area contributed by atoms with Crippen molar-refractivity contribution >= 4 is 51.3 Å². The van der Waals surface area contributed by atoms with Crippen molar-refractivity contribution in [1.82, 2.24) is 24.8 Å². The van der Waals surface area contributed by atoms with Crippen LogP contribution in [0.2, 0.25) is 0 Å². The summed E-state index contributed by atoms with van der Waals surface area (Å²) in [5.74, 6) is 1.47. The molecule has 3 aromatic rings. The molecule has 0 atom stereocenters. The lowest BCUT2D eigenvalue weighted by atomic mass is 10.1. The highest BCUT2D eigenvalue weighted by Gasteiger charge is 2.23. The molecule has 0 amide bonds. The molecule has 154 valence electrons. The summed E-state index contributed by atoms with van der Waals surface area (Å²) in [5.41, 5.74) is 3.94. The highest BCUT2D eigenvalue weighted by Crippen LogP contribution is 2.30. The summed E-state index contributed by atoms with van der Waals surface area (Å²) in [6, 6.07) is 8.88. The minimum atomic E-state index is -0.102. The first-order valence-electron chi connectivity index (χ1n) is 10.1. The number of rotatable bonds is 5. The van der Waals surface area contributed by atoms with Crippen LogP contribution in [0.1, 0.15) is 45.2 Å². The molecular weight excluding hydrogens is 477 g/mol. The van der Waals surface area contributed by atoms with Crippen molar-refractivity contribution in [2.24, 2.45) is 0 Å². The number of halogens is 1. The molecule has 4 rings (SSSR count). The quantitative estimate of drug-likeness (QED) is 0.347. The zero-order valence-corrected chi connectivity index (χ0v) is 19.3. The number of piperidine rings is 1. The van der Waals surface area contributed by atoms with Crippen LogP contribution in [-0.4, -0.2) is 38.1 Å². The molecule has 0 aliphatic carbocycles. The molecule has 3 heterocycles. The van der Waals surface area contributed by atoms with E-state index in [1.54, 1.807) is 0 Å². The Balaban J connectivity index is 1.74. The van der Waals surface area contributed by atoms with Crippen LogP contribution in [0.4, 0.5) is 17.6 Å². The number of benzene rings is 1. The Labute approximate surface area is 185 Å². The molecule has 0 saturated carbocycles. The van der Waals surface area contributed by atoms with Gasteiger partial charge in [-0.25, -0.2) is 9.97 Å². The zero-order valence-electron chi connectivity index (χ0n) is 17.2. The van der Waals surface area contributed by atoms with Gasteiger partial charge >= 0.3 is 0 Å². The molecule has 7 nitrogen and oxygen atoms in total. The molecule has 0 radical (unpaired) electrons. The van der Waals surface area contributed by atoms with Gasteiger partial charge in [-0.1, -0.05) is 34.7 Å². The minimum Gasteiger partial charge on any atom is -0.350 e. The standard InChI is InChI=1S/C21H28IN7/c1-21(2,3)28-19-24-13-17-18(27-19)29(16-8-10-23-11-9-16)20(26-17)25-15-6-4-14(12-22)5-7-15/h4-7,13,16,23H,8-12H2,1-3H3,(H,25,26)(H,24,27,28). The van der Waals surface area contributed by atoms with E-state index in [4.69, 9.17) is 9.97 Å². The Bertz CT molecular complexity index is 969. The van der Waals surface area contributed by atoms with Crippen molar-refractivity contribution in [1.29, 1.82) is 0 Å². The maximum Gasteiger partial charge on any atom is 0.225 e.